The highest BCUT2D eigenvalue weighted by molar-refractivity contribution is 5.84. The van der Waals surface area contributed by atoms with Crippen LogP contribution in [0.3, 0.4) is 0 Å². The van der Waals surface area contributed by atoms with Crippen molar-refractivity contribution in [3.8, 4) is 17.5 Å². The summed E-state index contributed by atoms with van der Waals surface area (Å²) < 4.78 is 0. The van der Waals surface area contributed by atoms with Crippen molar-refractivity contribution in [1.82, 2.24) is 19.9 Å². The summed E-state index contributed by atoms with van der Waals surface area (Å²) in [7, 11) is 2.07. The van der Waals surface area contributed by atoms with Gasteiger partial charge in [0.25, 0.3) is 0 Å². The van der Waals surface area contributed by atoms with Gasteiger partial charge in [0.05, 0.1) is 23.0 Å². The number of aryl methyl sites for hydroxylation is 1. The molecule has 6 rings (SSSR count). The van der Waals surface area contributed by atoms with Gasteiger partial charge < -0.3 is 15.2 Å². The first kappa shape index (κ1) is 21.8. The molecule has 1 atom stereocenters. The van der Waals surface area contributed by atoms with Gasteiger partial charge in [-0.25, -0.2) is 4.98 Å². The van der Waals surface area contributed by atoms with Crippen LogP contribution < -0.4 is 10.2 Å². The first-order chi connectivity index (χ1) is 17.7. The Morgan fingerprint density at radius 1 is 1.00 bits per heavy atom. The predicted molar refractivity (Wildman–Crippen MR) is 142 cm³/mol. The molecule has 176 valence electrons. The number of hydrogen-bond acceptors (Lipinski definition) is 6. The minimum absolute atomic E-state index is 0.0599. The molecule has 1 aliphatic rings. The van der Waals surface area contributed by atoms with Crippen molar-refractivity contribution >= 4 is 33.8 Å². The van der Waals surface area contributed by atoms with Crippen LogP contribution in [0.1, 0.15) is 17.7 Å². The molecule has 5 aromatic rings. The lowest BCUT2D eigenvalue weighted by Gasteiger charge is -2.27. The molecule has 0 saturated carbocycles. The largest absolute Gasteiger partial charge is 0.355 e. The Labute approximate surface area is 209 Å². The quantitative estimate of drug-likeness (QED) is 0.319. The molecule has 3 heterocycles. The number of aromatic amines is 1. The number of hydrogen-bond donors (Lipinski definition) is 2. The number of fused-ring (bicyclic) bond motifs is 2. The Morgan fingerprint density at radius 3 is 2.64 bits per heavy atom. The fourth-order valence-electron chi connectivity index (χ4n) is 4.85. The highest BCUT2D eigenvalue weighted by atomic mass is 15.1. The Morgan fingerprint density at radius 2 is 1.83 bits per heavy atom. The van der Waals surface area contributed by atoms with Gasteiger partial charge in [-0.2, -0.15) is 5.26 Å². The first-order valence-electron chi connectivity index (χ1n) is 12.1. The molecular formula is C29H25N7. The molecule has 0 saturated heterocycles. The lowest BCUT2D eigenvalue weighted by atomic mass is 9.86. The summed E-state index contributed by atoms with van der Waals surface area (Å²) in [4.78, 5) is 19.1. The van der Waals surface area contributed by atoms with Crippen molar-refractivity contribution in [1.29, 1.82) is 5.26 Å². The van der Waals surface area contributed by atoms with Crippen molar-refractivity contribution in [3.63, 3.8) is 0 Å². The van der Waals surface area contributed by atoms with Crippen LogP contribution in [0.2, 0.25) is 0 Å². The number of nitrogens with one attached hydrogen (secondary N) is 2. The normalized spacial score (nSPS) is 14.7. The van der Waals surface area contributed by atoms with Gasteiger partial charge in [-0.3, -0.25) is 9.97 Å². The van der Waals surface area contributed by atoms with Gasteiger partial charge in [-0.1, -0.05) is 0 Å². The van der Waals surface area contributed by atoms with Gasteiger partial charge in [-0.15, -0.1) is 0 Å². The van der Waals surface area contributed by atoms with Gasteiger partial charge in [-0.05, 0) is 85.5 Å². The van der Waals surface area contributed by atoms with E-state index in [1.807, 2.05) is 36.5 Å². The minimum Gasteiger partial charge on any atom is -0.355 e. The molecule has 0 spiro atoms. The van der Waals surface area contributed by atoms with Gasteiger partial charge in [0, 0.05) is 59.6 Å². The number of anilines is 4. The van der Waals surface area contributed by atoms with Crippen molar-refractivity contribution in [3.05, 3.63) is 90.5 Å². The molecule has 0 bridgehead atoms. The predicted octanol–water partition coefficient (Wildman–Crippen LogP) is 6.16. The second-order valence-electron chi connectivity index (χ2n) is 9.11. The SMILES string of the molecule is CN(c1ccc(-c2nc3ccc(Nc4ccncc4)cc3[nH]2)cc1)c1ccnc2c1CC(C#N)CC2. The van der Waals surface area contributed by atoms with E-state index >= 15 is 0 Å². The van der Waals surface area contributed by atoms with Crippen LogP contribution in [0.25, 0.3) is 22.4 Å². The molecule has 0 fully saturated rings. The van der Waals surface area contributed by atoms with Gasteiger partial charge in [0.2, 0.25) is 0 Å². The van der Waals surface area contributed by atoms with Gasteiger partial charge >= 0.3 is 0 Å². The third kappa shape index (κ3) is 4.14. The maximum atomic E-state index is 9.44. The maximum absolute atomic E-state index is 9.44. The summed E-state index contributed by atoms with van der Waals surface area (Å²) in [6.07, 6.45) is 7.91. The number of rotatable bonds is 5. The van der Waals surface area contributed by atoms with Gasteiger partial charge in [0.15, 0.2) is 0 Å². The van der Waals surface area contributed by atoms with Crippen LogP contribution >= 0.6 is 0 Å². The molecule has 0 radical (unpaired) electrons. The number of nitrogens with zero attached hydrogens (tertiary/aromatic N) is 5. The van der Waals surface area contributed by atoms with Crippen molar-refractivity contribution < 1.29 is 0 Å². The van der Waals surface area contributed by atoms with Crippen molar-refractivity contribution in [2.45, 2.75) is 19.3 Å². The number of benzene rings is 2. The molecule has 36 heavy (non-hydrogen) atoms. The third-order valence-corrected chi connectivity index (χ3v) is 6.82. The second kappa shape index (κ2) is 9.16. The number of nitriles is 1. The minimum atomic E-state index is 0.0599. The van der Waals surface area contributed by atoms with E-state index in [4.69, 9.17) is 4.98 Å². The zero-order valence-corrected chi connectivity index (χ0v) is 19.9. The molecular weight excluding hydrogens is 446 g/mol. The molecule has 2 N–H and O–H groups in total. The topological polar surface area (TPSA) is 93.5 Å². The fraction of sp³-hybridized carbons (Fsp3) is 0.172. The average Bonchev–Trinajstić information content (AvgIpc) is 3.36. The Hall–Kier alpha value is -4.70. The van der Waals surface area contributed by atoms with Crippen molar-refractivity contribution in [2.75, 3.05) is 17.3 Å². The molecule has 0 aliphatic heterocycles. The Balaban J connectivity index is 1.24. The molecule has 1 unspecified atom stereocenters. The van der Waals surface area contributed by atoms with E-state index in [-0.39, 0.29) is 5.92 Å². The highest BCUT2D eigenvalue weighted by Gasteiger charge is 2.23. The molecule has 2 aromatic carbocycles. The summed E-state index contributed by atoms with van der Waals surface area (Å²) in [6, 6.07) is 22.9. The van der Waals surface area contributed by atoms with E-state index in [9.17, 15) is 5.26 Å². The summed E-state index contributed by atoms with van der Waals surface area (Å²) in [5.41, 5.74) is 9.38. The van der Waals surface area contributed by atoms with Crippen LogP contribution in [0.5, 0.6) is 0 Å². The van der Waals surface area contributed by atoms with Crippen LogP contribution in [-0.4, -0.2) is 27.0 Å². The number of H-pyrrole nitrogens is 1. The van der Waals surface area contributed by atoms with E-state index in [0.717, 1.165) is 70.1 Å². The molecule has 7 nitrogen and oxygen atoms in total. The maximum Gasteiger partial charge on any atom is 0.138 e. The fourth-order valence-corrected chi connectivity index (χ4v) is 4.85. The van der Waals surface area contributed by atoms with Crippen LogP contribution in [0.15, 0.2) is 79.3 Å². The zero-order valence-electron chi connectivity index (χ0n) is 19.9. The van der Waals surface area contributed by atoms with E-state index < -0.39 is 0 Å². The Kier molecular flexibility index (Phi) is 5.55. The van der Waals surface area contributed by atoms with E-state index in [2.05, 4.69) is 68.6 Å². The molecule has 0 amide bonds. The number of pyridine rings is 2. The number of aromatic nitrogens is 4. The Bertz CT molecular complexity index is 1570. The standard InChI is InChI=1S/C29H25N7/c1-36(28-12-15-32-25-8-2-19(18-30)16-24(25)28)23-6-3-20(4-7-23)29-34-26-9-5-22(17-27(26)35-29)33-21-10-13-31-14-11-21/h3-7,9-15,17,19H,2,8,16H2,1H3,(H,31,33)(H,34,35). The molecule has 3 aromatic heterocycles. The smallest absolute Gasteiger partial charge is 0.138 e. The summed E-state index contributed by atoms with van der Waals surface area (Å²) in [5.74, 6) is 0.892. The zero-order chi connectivity index (χ0) is 24.5. The summed E-state index contributed by atoms with van der Waals surface area (Å²) in [6.45, 7) is 0. The van der Waals surface area contributed by atoms with Crippen LogP contribution in [0, 0.1) is 17.2 Å². The lowest BCUT2D eigenvalue weighted by Crippen LogP contribution is -2.19. The number of imidazole rings is 1. The highest BCUT2D eigenvalue weighted by Crippen LogP contribution is 2.35. The molecule has 1 aliphatic carbocycles. The molecule has 7 heteroatoms. The summed E-state index contributed by atoms with van der Waals surface area (Å²) >= 11 is 0. The van der Waals surface area contributed by atoms with E-state index in [1.165, 1.54) is 5.56 Å². The first-order valence-corrected chi connectivity index (χ1v) is 12.1. The van der Waals surface area contributed by atoms with Crippen molar-refractivity contribution in [2.24, 2.45) is 5.92 Å². The van der Waals surface area contributed by atoms with Crippen LogP contribution in [-0.2, 0) is 12.8 Å². The lowest BCUT2D eigenvalue weighted by molar-refractivity contribution is 0.555. The van der Waals surface area contributed by atoms with Crippen LogP contribution in [0.4, 0.5) is 22.7 Å². The summed E-state index contributed by atoms with van der Waals surface area (Å²) in [5, 5.41) is 12.8. The monoisotopic (exact) mass is 471 g/mol. The third-order valence-electron chi connectivity index (χ3n) is 6.82. The van der Waals surface area contributed by atoms with E-state index in [0.29, 0.717) is 0 Å². The second-order valence-corrected chi connectivity index (χ2v) is 9.11. The average molecular weight is 472 g/mol. The van der Waals surface area contributed by atoms with Gasteiger partial charge in [0.1, 0.15) is 5.82 Å². The van der Waals surface area contributed by atoms with E-state index in [1.54, 1.807) is 12.4 Å².